The third-order valence-electron chi connectivity index (χ3n) is 3.21. The predicted octanol–water partition coefficient (Wildman–Crippen LogP) is 2.55. The molecular weight excluding hydrogens is 301 g/mol. The largest absolute Gasteiger partial charge is 0.478 e. The fraction of sp³-hybridized carbons (Fsp3) is 0.0667. The molecule has 0 spiro atoms. The molecule has 23 heavy (non-hydrogen) atoms. The van der Waals surface area contributed by atoms with Crippen LogP contribution in [0.2, 0.25) is 0 Å². The van der Waals surface area contributed by atoms with Crippen molar-refractivity contribution in [2.45, 2.75) is 6.92 Å². The number of aromatic carboxylic acids is 1. The highest BCUT2D eigenvalue weighted by atomic mass is 19.1. The van der Waals surface area contributed by atoms with Gasteiger partial charge in [0.05, 0.1) is 11.3 Å². The van der Waals surface area contributed by atoms with Crippen LogP contribution < -0.4 is 5.32 Å². The molecule has 0 atom stereocenters. The van der Waals surface area contributed by atoms with Crippen LogP contribution >= 0.6 is 0 Å². The van der Waals surface area contributed by atoms with E-state index in [-0.39, 0.29) is 16.8 Å². The topological polar surface area (TPSA) is 92.9 Å². The molecule has 0 saturated heterocycles. The second-order valence-corrected chi connectivity index (χ2v) is 4.82. The van der Waals surface area contributed by atoms with Crippen LogP contribution in [0.25, 0.3) is 5.82 Å². The number of hydrogen-bond donors (Lipinski definition) is 2. The Morgan fingerprint density at radius 1 is 1.30 bits per heavy atom. The first-order valence-electron chi connectivity index (χ1n) is 6.67. The fourth-order valence-corrected chi connectivity index (χ4v) is 2.02. The Morgan fingerprint density at radius 3 is 2.74 bits per heavy atom. The highest BCUT2D eigenvalue weighted by Gasteiger charge is 2.14. The Hall–Kier alpha value is -3.29. The van der Waals surface area contributed by atoms with E-state index in [2.05, 4.69) is 20.5 Å². The van der Waals surface area contributed by atoms with E-state index < -0.39 is 11.8 Å². The molecular formula is C15H12FN5O2. The highest BCUT2D eigenvalue weighted by molar-refractivity contribution is 5.95. The number of aryl methyl sites for hydroxylation is 1. The van der Waals surface area contributed by atoms with Crippen molar-refractivity contribution in [3.63, 3.8) is 0 Å². The summed E-state index contributed by atoms with van der Waals surface area (Å²) in [6.45, 7) is 1.51. The van der Waals surface area contributed by atoms with Crippen LogP contribution in [0.3, 0.4) is 0 Å². The van der Waals surface area contributed by atoms with Gasteiger partial charge in [-0.05, 0) is 36.8 Å². The molecule has 0 bridgehead atoms. The Kier molecular flexibility index (Phi) is 3.71. The van der Waals surface area contributed by atoms with Crippen LogP contribution in [0, 0.1) is 12.7 Å². The van der Waals surface area contributed by atoms with Crippen LogP contribution in [0.1, 0.15) is 15.9 Å². The van der Waals surface area contributed by atoms with Crippen molar-refractivity contribution in [3.05, 3.63) is 59.9 Å². The van der Waals surface area contributed by atoms with Crippen LogP contribution in [-0.2, 0) is 0 Å². The monoisotopic (exact) mass is 313 g/mol. The Balaban J connectivity index is 1.90. The van der Waals surface area contributed by atoms with Crippen molar-refractivity contribution in [1.29, 1.82) is 0 Å². The first kappa shape index (κ1) is 14.6. The van der Waals surface area contributed by atoms with E-state index in [0.717, 1.165) is 6.07 Å². The molecule has 3 rings (SSSR count). The summed E-state index contributed by atoms with van der Waals surface area (Å²) >= 11 is 0. The lowest BCUT2D eigenvalue weighted by Gasteiger charge is -2.10. The van der Waals surface area contributed by atoms with E-state index in [4.69, 9.17) is 0 Å². The number of hydrogen-bond acceptors (Lipinski definition) is 5. The third-order valence-corrected chi connectivity index (χ3v) is 3.21. The minimum atomic E-state index is -1.15. The highest BCUT2D eigenvalue weighted by Crippen LogP contribution is 2.23. The van der Waals surface area contributed by atoms with Gasteiger partial charge in [0.15, 0.2) is 11.6 Å². The summed E-state index contributed by atoms with van der Waals surface area (Å²) in [6, 6.07) is 5.70. The van der Waals surface area contributed by atoms with Gasteiger partial charge >= 0.3 is 5.97 Å². The zero-order valence-electron chi connectivity index (χ0n) is 12.1. The average molecular weight is 313 g/mol. The molecule has 0 amide bonds. The molecule has 2 heterocycles. The lowest BCUT2D eigenvalue weighted by atomic mass is 10.1. The maximum Gasteiger partial charge on any atom is 0.337 e. The van der Waals surface area contributed by atoms with E-state index in [1.54, 1.807) is 35.4 Å². The van der Waals surface area contributed by atoms with E-state index in [1.807, 2.05) is 0 Å². The van der Waals surface area contributed by atoms with Crippen LogP contribution in [-0.4, -0.2) is 30.8 Å². The molecule has 3 aromatic rings. The SMILES string of the molecule is Cc1cc(C(=O)O)c(Nc2ccc(-n3ccnc3)nn2)cc1F. The number of benzene rings is 1. The quantitative estimate of drug-likeness (QED) is 0.769. The summed E-state index contributed by atoms with van der Waals surface area (Å²) in [7, 11) is 0. The fourth-order valence-electron chi connectivity index (χ4n) is 2.02. The zero-order chi connectivity index (χ0) is 16.4. The number of aromatic nitrogens is 4. The molecule has 8 heteroatoms. The summed E-state index contributed by atoms with van der Waals surface area (Å²) < 4.78 is 15.4. The van der Waals surface area contributed by atoms with Crippen molar-refractivity contribution in [2.24, 2.45) is 0 Å². The lowest BCUT2D eigenvalue weighted by molar-refractivity contribution is 0.0698. The smallest absolute Gasteiger partial charge is 0.337 e. The van der Waals surface area contributed by atoms with Crippen LogP contribution in [0.4, 0.5) is 15.9 Å². The molecule has 0 unspecified atom stereocenters. The minimum absolute atomic E-state index is 0.0376. The number of rotatable bonds is 4. The molecule has 0 aliphatic carbocycles. The van der Waals surface area contributed by atoms with Crippen molar-refractivity contribution >= 4 is 17.5 Å². The molecule has 0 fully saturated rings. The number of imidazole rings is 1. The van der Waals surface area contributed by atoms with E-state index >= 15 is 0 Å². The third kappa shape index (κ3) is 3.00. The Bertz CT molecular complexity index is 847. The number of carboxylic acid groups (broad SMARTS) is 1. The van der Waals surface area contributed by atoms with Gasteiger partial charge in [0.25, 0.3) is 0 Å². The standard InChI is InChI=1S/C15H12FN5O2/c1-9-6-10(15(22)23)12(7-11(9)16)18-13-2-3-14(20-19-13)21-5-4-17-8-21/h2-8H,1H3,(H,18,19)(H,22,23). The van der Waals surface area contributed by atoms with Gasteiger partial charge < -0.3 is 10.4 Å². The summed E-state index contributed by atoms with van der Waals surface area (Å²) in [5.74, 6) is -0.791. The zero-order valence-corrected chi connectivity index (χ0v) is 12.1. The van der Waals surface area contributed by atoms with Crippen LogP contribution in [0.15, 0.2) is 43.0 Å². The van der Waals surface area contributed by atoms with E-state index in [0.29, 0.717) is 11.6 Å². The first-order chi connectivity index (χ1) is 11.0. The normalized spacial score (nSPS) is 10.5. The van der Waals surface area contributed by atoms with Gasteiger partial charge in [0, 0.05) is 12.4 Å². The molecule has 2 aromatic heterocycles. The minimum Gasteiger partial charge on any atom is -0.478 e. The summed E-state index contributed by atoms with van der Waals surface area (Å²) in [4.78, 5) is 15.2. The van der Waals surface area contributed by atoms with Crippen molar-refractivity contribution in [3.8, 4) is 5.82 Å². The molecule has 2 N–H and O–H groups in total. The van der Waals surface area contributed by atoms with Gasteiger partial charge in [-0.1, -0.05) is 0 Å². The summed E-state index contributed by atoms with van der Waals surface area (Å²) in [5.41, 5.74) is 0.337. The van der Waals surface area contributed by atoms with E-state index in [9.17, 15) is 14.3 Å². The van der Waals surface area contributed by atoms with Gasteiger partial charge in [-0.3, -0.25) is 4.57 Å². The molecule has 7 nitrogen and oxygen atoms in total. The van der Waals surface area contributed by atoms with Gasteiger partial charge in [-0.15, -0.1) is 10.2 Å². The van der Waals surface area contributed by atoms with Gasteiger partial charge in [0.2, 0.25) is 0 Å². The van der Waals surface area contributed by atoms with Crippen molar-refractivity contribution in [1.82, 2.24) is 19.7 Å². The number of anilines is 2. The maximum absolute atomic E-state index is 13.7. The summed E-state index contributed by atoms with van der Waals surface area (Å²) in [6.07, 6.45) is 4.91. The predicted molar refractivity (Wildman–Crippen MR) is 80.5 cm³/mol. The molecule has 1 aromatic carbocycles. The molecule has 116 valence electrons. The van der Waals surface area contributed by atoms with Gasteiger partial charge in [-0.2, -0.15) is 0 Å². The molecule has 0 radical (unpaired) electrons. The Labute approximate surface area is 130 Å². The van der Waals surface area contributed by atoms with Crippen LogP contribution in [0.5, 0.6) is 0 Å². The molecule has 0 saturated carbocycles. The van der Waals surface area contributed by atoms with E-state index in [1.165, 1.54) is 13.0 Å². The average Bonchev–Trinajstić information content (AvgIpc) is 3.05. The Morgan fingerprint density at radius 2 is 2.13 bits per heavy atom. The number of nitrogens with one attached hydrogen (secondary N) is 1. The van der Waals surface area contributed by atoms with Gasteiger partial charge in [0.1, 0.15) is 12.1 Å². The number of carboxylic acids is 1. The number of halogens is 1. The molecule has 0 aliphatic heterocycles. The lowest BCUT2D eigenvalue weighted by Crippen LogP contribution is -2.06. The van der Waals surface area contributed by atoms with Crippen molar-refractivity contribution < 1.29 is 14.3 Å². The van der Waals surface area contributed by atoms with Crippen molar-refractivity contribution in [2.75, 3.05) is 5.32 Å². The first-order valence-corrected chi connectivity index (χ1v) is 6.67. The second kappa shape index (κ2) is 5.84. The summed E-state index contributed by atoms with van der Waals surface area (Å²) in [5, 5.41) is 20.0. The number of carbonyl (C=O) groups is 1. The molecule has 0 aliphatic rings. The van der Waals surface area contributed by atoms with Gasteiger partial charge in [-0.25, -0.2) is 14.2 Å². The maximum atomic E-state index is 13.7. The second-order valence-electron chi connectivity index (χ2n) is 4.82. The number of nitrogens with zero attached hydrogens (tertiary/aromatic N) is 4.